The number of carbonyl (C=O) groups excluding carboxylic acids is 1. The molecule has 3 fully saturated rings. The molecule has 2 aromatic rings. The molecule has 4 atom stereocenters. The number of nitrogens with zero attached hydrogens (tertiary/aromatic N) is 3. The van der Waals surface area contributed by atoms with Crippen molar-refractivity contribution in [2.45, 2.75) is 38.4 Å². The van der Waals surface area contributed by atoms with Crippen molar-refractivity contribution in [2.75, 3.05) is 24.5 Å². The normalized spacial score (nSPS) is 29.5. The van der Waals surface area contributed by atoms with Gasteiger partial charge < -0.3 is 15.0 Å². The molecule has 3 saturated heterocycles. The number of hydrogen-bond donors (Lipinski definition) is 1. The predicted octanol–water partition coefficient (Wildman–Crippen LogP) is 2.91. The molecule has 6 heteroatoms. The zero-order valence-corrected chi connectivity index (χ0v) is 17.5. The number of hydrogen-bond acceptors (Lipinski definition) is 5. The van der Waals surface area contributed by atoms with Gasteiger partial charge in [-0.05, 0) is 49.5 Å². The molecular formula is C24H28N4O2. The summed E-state index contributed by atoms with van der Waals surface area (Å²) in [7, 11) is 0. The quantitative estimate of drug-likeness (QED) is 0.776. The summed E-state index contributed by atoms with van der Waals surface area (Å²) in [5.41, 5.74) is 3.27. The van der Waals surface area contributed by atoms with Crippen LogP contribution >= 0.6 is 0 Å². The van der Waals surface area contributed by atoms with Crippen LogP contribution in [0.5, 0.6) is 0 Å². The average molecular weight is 405 g/mol. The van der Waals surface area contributed by atoms with Crippen LogP contribution in [0.2, 0.25) is 0 Å². The van der Waals surface area contributed by atoms with Gasteiger partial charge in [-0.1, -0.05) is 30.3 Å². The number of aryl methyl sites for hydroxylation is 1. The lowest BCUT2D eigenvalue weighted by Crippen LogP contribution is -2.41. The van der Waals surface area contributed by atoms with Gasteiger partial charge >= 0.3 is 0 Å². The summed E-state index contributed by atoms with van der Waals surface area (Å²) < 4.78 is 6.52. The predicted molar refractivity (Wildman–Crippen MR) is 116 cm³/mol. The first-order chi connectivity index (χ1) is 14.6. The second-order valence-corrected chi connectivity index (χ2v) is 8.88. The first kappa shape index (κ1) is 19.2. The third kappa shape index (κ3) is 3.29. The third-order valence-corrected chi connectivity index (χ3v) is 7.15. The molecule has 4 heterocycles. The summed E-state index contributed by atoms with van der Waals surface area (Å²) in [6, 6.07) is 9.88. The number of nitrogens with one attached hydrogen (secondary N) is 1. The van der Waals surface area contributed by atoms with Crippen LogP contribution in [0.15, 0.2) is 42.6 Å². The number of aromatic nitrogens is 2. The van der Waals surface area contributed by atoms with E-state index in [0.717, 1.165) is 42.9 Å². The molecule has 0 unspecified atom stereocenters. The van der Waals surface area contributed by atoms with E-state index in [-0.39, 0.29) is 17.6 Å². The van der Waals surface area contributed by atoms with E-state index >= 15 is 0 Å². The van der Waals surface area contributed by atoms with Crippen LogP contribution < -0.4 is 10.2 Å². The Morgan fingerprint density at radius 1 is 1.33 bits per heavy atom. The van der Waals surface area contributed by atoms with Crippen molar-refractivity contribution in [3.8, 4) is 0 Å². The lowest BCUT2D eigenvalue weighted by atomic mass is 9.73. The van der Waals surface area contributed by atoms with Crippen LogP contribution in [0.4, 0.5) is 5.82 Å². The Hall–Kier alpha value is -2.73. The fraction of sp³-hybridized carbons (Fsp3) is 0.458. The monoisotopic (exact) mass is 404 g/mol. The molecule has 0 aliphatic carbocycles. The molecular weight excluding hydrogens is 376 g/mol. The van der Waals surface area contributed by atoms with Gasteiger partial charge in [0, 0.05) is 37.5 Å². The second-order valence-electron chi connectivity index (χ2n) is 8.88. The molecule has 3 aliphatic rings. The Bertz CT molecular complexity index is 976. The summed E-state index contributed by atoms with van der Waals surface area (Å²) in [4.78, 5) is 14.7. The van der Waals surface area contributed by atoms with E-state index in [2.05, 4.69) is 34.3 Å². The van der Waals surface area contributed by atoms with Gasteiger partial charge in [0.05, 0.1) is 17.9 Å². The van der Waals surface area contributed by atoms with Crippen molar-refractivity contribution in [1.82, 2.24) is 15.5 Å². The van der Waals surface area contributed by atoms with Gasteiger partial charge in [0.2, 0.25) is 5.91 Å². The standard InChI is InChI=1S/C24H28N4O2/c1-16-12-26-27-23(17(16)2)28-14-20-19(21-10-11-24(20,15-28)30-21)13-25-22(29)9-8-18-6-4-3-5-7-18/h3-9,12,19-21H,10-11,13-15H2,1-2H3,(H,25,29)/b9-8+/t19-,20+,21+,24+/m0/s1. The Labute approximate surface area is 177 Å². The van der Waals surface area contributed by atoms with Gasteiger partial charge in [0.15, 0.2) is 5.82 Å². The SMILES string of the molecule is Cc1cnnc(N2C[C@@H]3[C@H](CNC(=O)/C=C/c4ccccc4)[C@H]4CC[C@]3(C2)O4)c1C. The molecule has 0 radical (unpaired) electrons. The maximum Gasteiger partial charge on any atom is 0.244 e. The molecule has 1 aromatic carbocycles. The molecule has 1 spiro atoms. The molecule has 5 rings (SSSR count). The van der Waals surface area contributed by atoms with Crippen LogP contribution in [-0.4, -0.2) is 47.4 Å². The Kier molecular flexibility index (Phi) is 4.82. The van der Waals surface area contributed by atoms with Gasteiger partial charge in [0.1, 0.15) is 0 Å². The minimum Gasteiger partial charge on any atom is -0.369 e. The Morgan fingerprint density at radius 2 is 2.17 bits per heavy atom. The van der Waals surface area contributed by atoms with Crippen molar-refractivity contribution in [3.63, 3.8) is 0 Å². The van der Waals surface area contributed by atoms with E-state index in [0.29, 0.717) is 18.4 Å². The first-order valence-electron chi connectivity index (χ1n) is 10.8. The molecule has 1 N–H and O–H groups in total. The smallest absolute Gasteiger partial charge is 0.244 e. The van der Waals surface area contributed by atoms with E-state index in [9.17, 15) is 4.79 Å². The van der Waals surface area contributed by atoms with Gasteiger partial charge in [-0.3, -0.25) is 4.79 Å². The molecule has 30 heavy (non-hydrogen) atoms. The van der Waals surface area contributed by atoms with Crippen LogP contribution in [0.25, 0.3) is 6.08 Å². The van der Waals surface area contributed by atoms with Crippen molar-refractivity contribution < 1.29 is 9.53 Å². The fourth-order valence-electron chi connectivity index (χ4n) is 5.46. The number of amides is 1. The zero-order chi connectivity index (χ0) is 20.7. The molecule has 156 valence electrons. The van der Waals surface area contributed by atoms with E-state index < -0.39 is 0 Å². The Balaban J connectivity index is 1.26. The second kappa shape index (κ2) is 7.51. The van der Waals surface area contributed by atoms with E-state index in [1.54, 1.807) is 6.08 Å². The number of anilines is 1. The van der Waals surface area contributed by atoms with Crippen molar-refractivity contribution in [2.24, 2.45) is 11.8 Å². The fourth-order valence-corrected chi connectivity index (χ4v) is 5.46. The van der Waals surface area contributed by atoms with E-state index in [4.69, 9.17) is 4.74 Å². The van der Waals surface area contributed by atoms with Crippen LogP contribution in [0, 0.1) is 25.7 Å². The van der Waals surface area contributed by atoms with E-state index in [1.165, 1.54) is 5.56 Å². The average Bonchev–Trinajstić information content (AvgIpc) is 3.42. The number of rotatable bonds is 5. The lowest BCUT2D eigenvalue weighted by molar-refractivity contribution is -0.116. The van der Waals surface area contributed by atoms with Gasteiger partial charge in [-0.25, -0.2) is 0 Å². The van der Waals surface area contributed by atoms with Crippen molar-refractivity contribution >= 4 is 17.8 Å². The number of benzene rings is 1. The largest absolute Gasteiger partial charge is 0.369 e. The molecule has 6 nitrogen and oxygen atoms in total. The molecule has 0 saturated carbocycles. The highest BCUT2D eigenvalue weighted by molar-refractivity contribution is 5.91. The van der Waals surface area contributed by atoms with Gasteiger partial charge in [-0.15, -0.1) is 5.10 Å². The van der Waals surface area contributed by atoms with Crippen LogP contribution in [0.1, 0.15) is 29.5 Å². The summed E-state index contributed by atoms with van der Waals surface area (Å²) in [5, 5.41) is 11.7. The highest BCUT2D eigenvalue weighted by Crippen LogP contribution is 2.55. The van der Waals surface area contributed by atoms with Crippen LogP contribution in [0.3, 0.4) is 0 Å². The summed E-state index contributed by atoms with van der Waals surface area (Å²) in [6.07, 6.45) is 7.70. The summed E-state index contributed by atoms with van der Waals surface area (Å²) in [6.45, 7) is 6.62. The minimum absolute atomic E-state index is 0.0501. The molecule has 2 bridgehead atoms. The number of carbonyl (C=O) groups is 1. The minimum atomic E-state index is -0.0994. The van der Waals surface area contributed by atoms with Gasteiger partial charge in [0.25, 0.3) is 0 Å². The molecule has 1 aromatic heterocycles. The first-order valence-corrected chi connectivity index (χ1v) is 10.8. The summed E-state index contributed by atoms with van der Waals surface area (Å²) >= 11 is 0. The lowest BCUT2D eigenvalue weighted by Gasteiger charge is -2.29. The van der Waals surface area contributed by atoms with Crippen molar-refractivity contribution in [3.05, 3.63) is 59.3 Å². The maximum absolute atomic E-state index is 12.4. The molecule has 3 aliphatic heterocycles. The van der Waals surface area contributed by atoms with Crippen LogP contribution in [-0.2, 0) is 9.53 Å². The highest BCUT2D eigenvalue weighted by atomic mass is 16.5. The van der Waals surface area contributed by atoms with Crippen molar-refractivity contribution in [1.29, 1.82) is 0 Å². The zero-order valence-electron chi connectivity index (χ0n) is 17.5. The third-order valence-electron chi connectivity index (χ3n) is 7.15. The summed E-state index contributed by atoms with van der Waals surface area (Å²) in [5.74, 6) is 1.68. The van der Waals surface area contributed by atoms with E-state index in [1.807, 2.05) is 42.6 Å². The Morgan fingerprint density at radius 3 is 3.00 bits per heavy atom. The maximum atomic E-state index is 12.4. The number of ether oxygens (including phenoxy) is 1. The topological polar surface area (TPSA) is 67.4 Å². The molecule has 1 amide bonds. The number of fused-ring (bicyclic) bond motifs is 1. The van der Waals surface area contributed by atoms with Gasteiger partial charge in [-0.2, -0.15) is 5.10 Å². The highest BCUT2D eigenvalue weighted by Gasteiger charge is 2.63.